The van der Waals surface area contributed by atoms with E-state index in [1.807, 2.05) is 12.3 Å². The van der Waals surface area contributed by atoms with Crippen molar-refractivity contribution in [1.82, 2.24) is 10.3 Å². The lowest BCUT2D eigenvalue weighted by Gasteiger charge is -2.18. The Morgan fingerprint density at radius 2 is 2.19 bits per heavy atom. The van der Waals surface area contributed by atoms with Crippen molar-refractivity contribution < 1.29 is 4.39 Å². The zero-order valence-corrected chi connectivity index (χ0v) is 13.9. The minimum absolute atomic E-state index is 0.143. The van der Waals surface area contributed by atoms with Gasteiger partial charge in [-0.1, -0.05) is 24.6 Å². The Morgan fingerprint density at radius 3 is 2.81 bits per heavy atom. The quantitative estimate of drug-likeness (QED) is 0.816. The van der Waals surface area contributed by atoms with Crippen molar-refractivity contribution in [2.24, 2.45) is 0 Å². The number of thiazole rings is 1. The average Bonchev–Trinajstić information content (AvgIpc) is 2.85. The minimum Gasteiger partial charge on any atom is -0.313 e. The summed E-state index contributed by atoms with van der Waals surface area (Å²) < 4.78 is 14.0. The number of hydrogen-bond acceptors (Lipinski definition) is 3. The summed E-state index contributed by atoms with van der Waals surface area (Å²) in [4.78, 5) is 4.50. The van der Waals surface area contributed by atoms with E-state index in [9.17, 15) is 4.39 Å². The van der Waals surface area contributed by atoms with E-state index < -0.39 is 0 Å². The van der Waals surface area contributed by atoms with E-state index in [0.717, 1.165) is 30.1 Å². The molecule has 0 fully saturated rings. The Labute approximate surface area is 134 Å². The first-order valence-corrected chi connectivity index (χ1v) is 8.43. The summed E-state index contributed by atoms with van der Waals surface area (Å²) in [6, 6.07) is 4.99. The van der Waals surface area contributed by atoms with Gasteiger partial charge in [0.2, 0.25) is 0 Å². The highest BCUT2D eigenvalue weighted by molar-refractivity contribution is 7.09. The first-order valence-electron chi connectivity index (χ1n) is 7.17. The molecule has 1 unspecified atom stereocenters. The minimum atomic E-state index is -0.235. The van der Waals surface area contributed by atoms with Crippen LogP contribution in [0.5, 0.6) is 0 Å². The predicted octanol–water partition coefficient (Wildman–Crippen LogP) is 4.40. The Bertz CT molecular complexity index is 565. The van der Waals surface area contributed by atoms with Crippen molar-refractivity contribution in [2.75, 3.05) is 6.54 Å². The number of aromatic nitrogens is 1. The summed E-state index contributed by atoms with van der Waals surface area (Å²) >= 11 is 7.79. The zero-order chi connectivity index (χ0) is 15.2. The van der Waals surface area contributed by atoms with Crippen LogP contribution in [0.4, 0.5) is 4.39 Å². The molecule has 5 heteroatoms. The molecule has 0 bridgehead atoms. The molecule has 1 aromatic carbocycles. The third-order valence-electron chi connectivity index (χ3n) is 3.28. The van der Waals surface area contributed by atoms with Crippen LogP contribution in [0.15, 0.2) is 23.6 Å². The van der Waals surface area contributed by atoms with Crippen LogP contribution in [0.3, 0.4) is 0 Å². The Hall–Kier alpha value is -0.970. The first kappa shape index (κ1) is 16.4. The van der Waals surface area contributed by atoms with Gasteiger partial charge >= 0.3 is 0 Å². The third kappa shape index (κ3) is 4.77. The van der Waals surface area contributed by atoms with Crippen molar-refractivity contribution in [3.8, 4) is 0 Å². The van der Waals surface area contributed by atoms with Crippen LogP contribution >= 0.6 is 22.9 Å². The molecule has 1 heterocycles. The highest BCUT2D eigenvalue weighted by Crippen LogP contribution is 2.22. The van der Waals surface area contributed by atoms with E-state index in [0.29, 0.717) is 17.0 Å². The monoisotopic (exact) mass is 326 g/mol. The van der Waals surface area contributed by atoms with Gasteiger partial charge in [0.1, 0.15) is 5.82 Å². The van der Waals surface area contributed by atoms with Gasteiger partial charge in [0, 0.05) is 34.1 Å². The first-order chi connectivity index (χ1) is 10.1. The number of aryl methyl sites for hydroxylation is 1. The fraction of sp³-hybridized carbons (Fsp3) is 0.438. The SMILES string of the molecule is CCCNC(Cc1nc(C)cs1)Cc1c(F)cccc1Cl. The van der Waals surface area contributed by atoms with E-state index in [1.165, 1.54) is 6.07 Å². The maximum Gasteiger partial charge on any atom is 0.127 e. The summed E-state index contributed by atoms with van der Waals surface area (Å²) in [5, 5.41) is 7.09. The smallest absolute Gasteiger partial charge is 0.127 e. The van der Waals surface area contributed by atoms with Gasteiger partial charge in [0.25, 0.3) is 0 Å². The summed E-state index contributed by atoms with van der Waals surface area (Å²) in [6.45, 7) is 5.01. The normalized spacial score (nSPS) is 12.6. The summed E-state index contributed by atoms with van der Waals surface area (Å²) in [5.74, 6) is -0.235. The molecule has 0 aliphatic rings. The zero-order valence-electron chi connectivity index (χ0n) is 12.3. The van der Waals surface area contributed by atoms with Crippen molar-refractivity contribution in [1.29, 1.82) is 0 Å². The number of hydrogen-bond donors (Lipinski definition) is 1. The number of nitrogens with zero attached hydrogens (tertiary/aromatic N) is 1. The maximum atomic E-state index is 14.0. The van der Waals surface area contributed by atoms with Crippen molar-refractivity contribution in [3.05, 3.63) is 50.7 Å². The molecule has 0 spiro atoms. The van der Waals surface area contributed by atoms with Crippen LogP contribution in [0.25, 0.3) is 0 Å². The van der Waals surface area contributed by atoms with Gasteiger partial charge in [-0.25, -0.2) is 9.37 Å². The third-order valence-corrected chi connectivity index (χ3v) is 4.63. The van der Waals surface area contributed by atoms with Crippen LogP contribution < -0.4 is 5.32 Å². The lowest BCUT2D eigenvalue weighted by Crippen LogP contribution is -2.34. The molecule has 2 aromatic rings. The molecule has 2 nitrogen and oxygen atoms in total. The predicted molar refractivity (Wildman–Crippen MR) is 87.8 cm³/mol. The molecule has 1 N–H and O–H groups in total. The topological polar surface area (TPSA) is 24.9 Å². The number of nitrogens with one attached hydrogen (secondary N) is 1. The molecule has 0 amide bonds. The molecule has 1 aromatic heterocycles. The summed E-state index contributed by atoms with van der Waals surface area (Å²) in [6.07, 6.45) is 2.41. The van der Waals surface area contributed by atoms with Crippen LogP contribution in [0.2, 0.25) is 5.02 Å². The molecule has 2 rings (SSSR count). The van der Waals surface area contributed by atoms with Crippen molar-refractivity contribution in [3.63, 3.8) is 0 Å². The second-order valence-corrected chi connectivity index (χ2v) is 6.49. The molecule has 21 heavy (non-hydrogen) atoms. The van der Waals surface area contributed by atoms with Crippen LogP contribution in [-0.4, -0.2) is 17.6 Å². The van der Waals surface area contributed by atoms with Gasteiger partial charge in [0.05, 0.1) is 5.01 Å². The second-order valence-electron chi connectivity index (χ2n) is 5.14. The molecular formula is C16H20ClFN2S. The van der Waals surface area contributed by atoms with Gasteiger partial charge in [-0.05, 0) is 38.4 Å². The van der Waals surface area contributed by atoms with Gasteiger partial charge in [-0.3, -0.25) is 0 Å². The fourth-order valence-electron chi connectivity index (χ4n) is 2.25. The molecular weight excluding hydrogens is 307 g/mol. The molecule has 0 aliphatic carbocycles. The van der Waals surface area contributed by atoms with Crippen LogP contribution in [0.1, 0.15) is 29.6 Å². The van der Waals surface area contributed by atoms with Crippen LogP contribution in [0, 0.1) is 12.7 Å². The molecule has 1 atom stereocenters. The number of benzene rings is 1. The fourth-order valence-corrected chi connectivity index (χ4v) is 3.34. The highest BCUT2D eigenvalue weighted by atomic mass is 35.5. The number of rotatable bonds is 7. The summed E-state index contributed by atoms with van der Waals surface area (Å²) in [5.41, 5.74) is 1.62. The second kappa shape index (κ2) is 7.87. The van der Waals surface area contributed by atoms with Gasteiger partial charge in [0.15, 0.2) is 0 Å². The summed E-state index contributed by atoms with van der Waals surface area (Å²) in [7, 11) is 0. The van der Waals surface area contributed by atoms with Gasteiger partial charge in [-0.2, -0.15) is 0 Å². The van der Waals surface area contributed by atoms with Crippen molar-refractivity contribution >= 4 is 22.9 Å². The highest BCUT2D eigenvalue weighted by Gasteiger charge is 2.16. The number of halogens is 2. The molecule has 114 valence electrons. The van der Waals surface area contributed by atoms with E-state index in [4.69, 9.17) is 11.6 Å². The van der Waals surface area contributed by atoms with Crippen LogP contribution in [-0.2, 0) is 12.8 Å². The lowest BCUT2D eigenvalue weighted by atomic mass is 10.0. The standard InChI is InChI=1S/C16H20ClFN2S/c1-3-7-19-12(9-16-20-11(2)10-21-16)8-13-14(17)5-4-6-15(13)18/h4-6,10,12,19H,3,7-9H2,1-2H3. The molecule has 0 radical (unpaired) electrons. The van der Waals surface area contributed by atoms with E-state index in [-0.39, 0.29) is 11.9 Å². The molecule has 0 saturated heterocycles. The van der Waals surface area contributed by atoms with E-state index >= 15 is 0 Å². The maximum absolute atomic E-state index is 14.0. The average molecular weight is 327 g/mol. The Morgan fingerprint density at radius 1 is 1.38 bits per heavy atom. The van der Waals surface area contributed by atoms with Gasteiger partial charge < -0.3 is 5.32 Å². The van der Waals surface area contributed by atoms with Crippen molar-refractivity contribution in [2.45, 2.75) is 39.2 Å². The largest absolute Gasteiger partial charge is 0.313 e. The van der Waals surface area contributed by atoms with Gasteiger partial charge in [-0.15, -0.1) is 11.3 Å². The van der Waals surface area contributed by atoms with E-state index in [1.54, 1.807) is 23.5 Å². The lowest BCUT2D eigenvalue weighted by molar-refractivity contribution is 0.491. The Balaban J connectivity index is 2.12. The molecule has 0 saturated carbocycles. The molecule has 0 aliphatic heterocycles. The Kier molecular flexibility index (Phi) is 6.15. The van der Waals surface area contributed by atoms with E-state index in [2.05, 4.69) is 17.2 Å².